The molecule has 6 heteroatoms. The van der Waals surface area contributed by atoms with Crippen LogP contribution >= 0.6 is 11.6 Å². The minimum atomic E-state index is -1.07. The molecule has 5 nitrogen and oxygen atoms in total. The SMILES string of the molecule is CCN1CCC(CC(=O)N[C@@H](C(=O)O)c2ccc(Cl)cc2)CC1. The van der Waals surface area contributed by atoms with Crippen LogP contribution in [-0.4, -0.2) is 41.5 Å². The highest BCUT2D eigenvalue weighted by molar-refractivity contribution is 6.30. The van der Waals surface area contributed by atoms with Crippen LogP contribution in [0.15, 0.2) is 24.3 Å². The molecule has 1 aliphatic rings. The summed E-state index contributed by atoms with van der Waals surface area (Å²) in [6.07, 6.45) is 2.36. The Labute approximate surface area is 141 Å². The zero-order valence-electron chi connectivity index (χ0n) is 13.3. The van der Waals surface area contributed by atoms with Gasteiger partial charge in [0.1, 0.15) is 0 Å². The maximum Gasteiger partial charge on any atom is 0.330 e. The maximum absolute atomic E-state index is 12.2. The Balaban J connectivity index is 1.91. The molecule has 1 aromatic rings. The van der Waals surface area contributed by atoms with Gasteiger partial charge in [0.25, 0.3) is 0 Å². The van der Waals surface area contributed by atoms with Crippen LogP contribution in [0.2, 0.25) is 5.02 Å². The van der Waals surface area contributed by atoms with Gasteiger partial charge in [0.2, 0.25) is 5.91 Å². The summed E-state index contributed by atoms with van der Waals surface area (Å²) in [4.78, 5) is 26.0. The molecular formula is C17H23ClN2O3. The topological polar surface area (TPSA) is 69.6 Å². The fraction of sp³-hybridized carbons (Fsp3) is 0.529. The molecule has 0 saturated carbocycles. The number of aliphatic carboxylic acids is 1. The van der Waals surface area contributed by atoms with Crippen molar-refractivity contribution in [2.24, 2.45) is 5.92 Å². The van der Waals surface area contributed by atoms with Gasteiger partial charge in [-0.1, -0.05) is 30.7 Å². The average Bonchev–Trinajstić information content (AvgIpc) is 2.54. The second-order valence-electron chi connectivity index (χ2n) is 5.97. The molecule has 0 aromatic heterocycles. The van der Waals surface area contributed by atoms with Crippen LogP contribution in [0.3, 0.4) is 0 Å². The lowest BCUT2D eigenvalue weighted by Gasteiger charge is -2.30. The number of amides is 1. The normalized spacial score (nSPS) is 17.7. The van der Waals surface area contributed by atoms with E-state index >= 15 is 0 Å². The highest BCUT2D eigenvalue weighted by Gasteiger charge is 2.25. The second kappa shape index (κ2) is 8.31. The molecule has 1 amide bonds. The molecule has 1 fully saturated rings. The average molecular weight is 339 g/mol. The Bertz CT molecular complexity index is 539. The van der Waals surface area contributed by atoms with Gasteiger partial charge < -0.3 is 15.3 Å². The van der Waals surface area contributed by atoms with Crippen molar-refractivity contribution in [1.82, 2.24) is 10.2 Å². The first-order valence-electron chi connectivity index (χ1n) is 7.99. The lowest BCUT2D eigenvalue weighted by molar-refractivity contribution is -0.142. The number of hydrogen-bond donors (Lipinski definition) is 2. The van der Waals surface area contributed by atoms with Gasteiger partial charge in [-0.2, -0.15) is 0 Å². The fourth-order valence-corrected chi connectivity index (χ4v) is 3.06. The largest absolute Gasteiger partial charge is 0.479 e. The number of carbonyl (C=O) groups is 2. The third kappa shape index (κ3) is 5.22. The first-order valence-corrected chi connectivity index (χ1v) is 8.37. The van der Waals surface area contributed by atoms with Crippen LogP contribution in [0.25, 0.3) is 0 Å². The van der Waals surface area contributed by atoms with Gasteiger partial charge in [-0.05, 0) is 56.1 Å². The first-order chi connectivity index (χ1) is 11.0. The monoisotopic (exact) mass is 338 g/mol. The van der Waals surface area contributed by atoms with Crippen molar-refractivity contribution in [1.29, 1.82) is 0 Å². The number of rotatable bonds is 6. The van der Waals surface area contributed by atoms with Crippen molar-refractivity contribution in [3.8, 4) is 0 Å². The molecule has 0 spiro atoms. The number of carboxylic acid groups (broad SMARTS) is 1. The van der Waals surface area contributed by atoms with E-state index < -0.39 is 12.0 Å². The number of hydrogen-bond acceptors (Lipinski definition) is 3. The van der Waals surface area contributed by atoms with Gasteiger partial charge >= 0.3 is 5.97 Å². The summed E-state index contributed by atoms with van der Waals surface area (Å²) < 4.78 is 0. The van der Waals surface area contributed by atoms with Crippen LogP contribution < -0.4 is 5.32 Å². The summed E-state index contributed by atoms with van der Waals surface area (Å²) >= 11 is 5.82. The summed E-state index contributed by atoms with van der Waals surface area (Å²) in [5, 5.41) is 12.5. The van der Waals surface area contributed by atoms with Crippen molar-refractivity contribution >= 4 is 23.5 Å². The molecule has 1 saturated heterocycles. The molecule has 0 radical (unpaired) electrons. The predicted molar refractivity (Wildman–Crippen MR) is 89.4 cm³/mol. The summed E-state index contributed by atoms with van der Waals surface area (Å²) in [6, 6.07) is 5.47. The van der Waals surface area contributed by atoms with E-state index in [2.05, 4.69) is 17.1 Å². The zero-order valence-corrected chi connectivity index (χ0v) is 14.1. The van der Waals surface area contributed by atoms with Crippen molar-refractivity contribution in [2.45, 2.75) is 32.2 Å². The molecular weight excluding hydrogens is 316 g/mol. The molecule has 23 heavy (non-hydrogen) atoms. The first kappa shape index (κ1) is 17.8. The molecule has 1 heterocycles. The van der Waals surface area contributed by atoms with Gasteiger partial charge in [-0.15, -0.1) is 0 Å². The number of piperidine rings is 1. The van der Waals surface area contributed by atoms with Crippen LogP contribution in [-0.2, 0) is 9.59 Å². The highest BCUT2D eigenvalue weighted by atomic mass is 35.5. The number of benzene rings is 1. The summed E-state index contributed by atoms with van der Waals surface area (Å²) in [5.41, 5.74) is 0.524. The van der Waals surface area contributed by atoms with Crippen LogP contribution in [0, 0.1) is 5.92 Å². The molecule has 0 bridgehead atoms. The summed E-state index contributed by atoms with van der Waals surface area (Å²) in [5.74, 6) is -0.943. The number of likely N-dealkylation sites (tertiary alicyclic amines) is 1. The van der Waals surface area contributed by atoms with E-state index in [9.17, 15) is 14.7 Å². The minimum absolute atomic E-state index is 0.206. The van der Waals surface area contributed by atoms with Crippen molar-refractivity contribution in [2.75, 3.05) is 19.6 Å². The molecule has 2 N–H and O–H groups in total. The van der Waals surface area contributed by atoms with Gasteiger partial charge in [0.05, 0.1) is 0 Å². The highest BCUT2D eigenvalue weighted by Crippen LogP contribution is 2.22. The van der Waals surface area contributed by atoms with Crippen molar-refractivity contribution in [3.05, 3.63) is 34.9 Å². The fourth-order valence-electron chi connectivity index (χ4n) is 2.93. The van der Waals surface area contributed by atoms with E-state index in [0.29, 0.717) is 22.9 Å². The Morgan fingerprint density at radius 1 is 1.30 bits per heavy atom. The predicted octanol–water partition coefficient (Wildman–Crippen LogP) is 2.70. The quantitative estimate of drug-likeness (QED) is 0.836. The van der Waals surface area contributed by atoms with Crippen molar-refractivity contribution < 1.29 is 14.7 Å². The maximum atomic E-state index is 12.2. The number of halogens is 1. The molecule has 0 unspecified atom stereocenters. The van der Waals surface area contributed by atoms with Gasteiger partial charge in [-0.3, -0.25) is 4.79 Å². The molecule has 2 rings (SSSR count). The van der Waals surface area contributed by atoms with E-state index in [0.717, 1.165) is 32.5 Å². The standard InChI is InChI=1S/C17H23ClN2O3/c1-2-20-9-7-12(8-10-20)11-15(21)19-16(17(22)23)13-3-5-14(18)6-4-13/h3-6,12,16H,2,7-11H2,1H3,(H,19,21)(H,22,23)/t16-/m1/s1. The summed E-state index contributed by atoms with van der Waals surface area (Å²) in [7, 11) is 0. The smallest absolute Gasteiger partial charge is 0.330 e. The molecule has 0 aliphatic carbocycles. The van der Waals surface area contributed by atoms with E-state index in [1.807, 2.05) is 0 Å². The van der Waals surface area contributed by atoms with E-state index in [1.165, 1.54) is 0 Å². The zero-order chi connectivity index (χ0) is 16.8. The third-order valence-electron chi connectivity index (χ3n) is 4.38. The van der Waals surface area contributed by atoms with Gasteiger partial charge in [-0.25, -0.2) is 4.79 Å². The Morgan fingerprint density at radius 2 is 1.91 bits per heavy atom. The molecule has 126 valence electrons. The van der Waals surface area contributed by atoms with Crippen LogP contribution in [0.1, 0.15) is 37.8 Å². The molecule has 1 aromatic carbocycles. The number of carboxylic acids is 1. The minimum Gasteiger partial charge on any atom is -0.479 e. The van der Waals surface area contributed by atoms with E-state index in [4.69, 9.17) is 11.6 Å². The Kier molecular flexibility index (Phi) is 6.42. The van der Waals surface area contributed by atoms with Crippen molar-refractivity contribution in [3.63, 3.8) is 0 Å². The third-order valence-corrected chi connectivity index (χ3v) is 4.64. The Hall–Kier alpha value is -1.59. The van der Waals surface area contributed by atoms with Gasteiger partial charge in [0, 0.05) is 11.4 Å². The number of nitrogens with one attached hydrogen (secondary N) is 1. The van der Waals surface area contributed by atoms with Crippen LogP contribution in [0.4, 0.5) is 0 Å². The Morgan fingerprint density at radius 3 is 2.43 bits per heavy atom. The van der Waals surface area contributed by atoms with Gasteiger partial charge in [0.15, 0.2) is 6.04 Å². The number of nitrogens with zero attached hydrogens (tertiary/aromatic N) is 1. The lowest BCUT2D eigenvalue weighted by atomic mass is 9.93. The molecule has 1 aliphatic heterocycles. The summed E-state index contributed by atoms with van der Waals surface area (Å²) in [6.45, 7) is 5.19. The molecule has 1 atom stereocenters. The van der Waals surface area contributed by atoms with E-state index in [1.54, 1.807) is 24.3 Å². The van der Waals surface area contributed by atoms with Crippen LogP contribution in [0.5, 0.6) is 0 Å². The lowest BCUT2D eigenvalue weighted by Crippen LogP contribution is -2.38. The number of carbonyl (C=O) groups excluding carboxylic acids is 1. The second-order valence-corrected chi connectivity index (χ2v) is 6.41. The van der Waals surface area contributed by atoms with E-state index in [-0.39, 0.29) is 5.91 Å².